The van der Waals surface area contributed by atoms with Crippen molar-refractivity contribution >= 4 is 7.69 Å². The molecule has 0 aliphatic rings. The quantitative estimate of drug-likeness (QED) is 0.484. The van der Waals surface area contributed by atoms with Crippen LogP contribution in [0.25, 0.3) is 0 Å². The Hall–Kier alpha value is -2.52. The van der Waals surface area contributed by atoms with Crippen molar-refractivity contribution in [1.82, 2.24) is 0 Å². The first-order valence-electron chi connectivity index (χ1n) is 7.11. The lowest BCUT2D eigenvalue weighted by atomic mass is 10.2. The van der Waals surface area contributed by atoms with E-state index in [-0.39, 0.29) is 36.6 Å². The van der Waals surface area contributed by atoms with Gasteiger partial charge < -0.3 is 28.3 Å². The summed E-state index contributed by atoms with van der Waals surface area (Å²) in [6.07, 6.45) is 0. The molecular weight excluding hydrogens is 337 g/mol. The first-order chi connectivity index (χ1) is 12.1. The molecule has 0 aliphatic carbocycles. The van der Waals surface area contributed by atoms with Gasteiger partial charge in [0, 0.05) is 26.4 Å². The van der Waals surface area contributed by atoms with Crippen molar-refractivity contribution in [2.45, 2.75) is 0 Å². The Morgan fingerprint density at radius 2 is 1.20 bits per heavy atom. The number of halogens is 2. The van der Waals surface area contributed by atoms with Crippen LogP contribution in [0, 0.1) is 11.6 Å². The molecule has 2 aromatic carbocycles. The minimum absolute atomic E-state index is 0.0313. The van der Waals surface area contributed by atoms with Crippen molar-refractivity contribution in [3.05, 3.63) is 48.0 Å². The summed E-state index contributed by atoms with van der Waals surface area (Å²) in [5.74, 6) is -0.805. The molecule has 0 spiro atoms. The van der Waals surface area contributed by atoms with E-state index >= 15 is 0 Å². The van der Waals surface area contributed by atoms with Gasteiger partial charge >= 0.3 is 7.69 Å². The molecule has 0 atom stereocenters. The van der Waals surface area contributed by atoms with Crippen LogP contribution >= 0.6 is 0 Å². The van der Waals surface area contributed by atoms with Crippen LogP contribution in [0.5, 0.6) is 23.0 Å². The van der Waals surface area contributed by atoms with Gasteiger partial charge in [0.1, 0.15) is 11.5 Å². The standard InChI is InChI=1S/C16H16BF2O6/c1-20-9-22-15-5-3-11(7-13(15)18)24-17-25-12-4-6-16(14(19)8-12)23-10-21-2/h3-8H,9-10H2,1-2H3. The molecule has 0 saturated heterocycles. The summed E-state index contributed by atoms with van der Waals surface area (Å²) >= 11 is 0. The van der Waals surface area contributed by atoms with E-state index in [2.05, 4.69) is 0 Å². The number of ether oxygens (including phenoxy) is 4. The van der Waals surface area contributed by atoms with Crippen molar-refractivity contribution in [1.29, 1.82) is 0 Å². The third-order valence-corrected chi connectivity index (χ3v) is 2.84. The number of hydrogen-bond acceptors (Lipinski definition) is 6. The number of hydrogen-bond donors (Lipinski definition) is 0. The second-order valence-electron chi connectivity index (χ2n) is 4.62. The number of rotatable bonds is 10. The molecule has 0 fully saturated rings. The highest BCUT2D eigenvalue weighted by Crippen LogP contribution is 2.24. The number of methoxy groups -OCH3 is 2. The predicted molar refractivity (Wildman–Crippen MR) is 84.8 cm³/mol. The van der Waals surface area contributed by atoms with E-state index in [1.807, 2.05) is 0 Å². The summed E-state index contributed by atoms with van der Waals surface area (Å²) in [7, 11) is 3.82. The fourth-order valence-electron chi connectivity index (χ4n) is 1.72. The molecule has 0 heterocycles. The number of benzene rings is 2. The Balaban J connectivity index is 1.86. The maximum Gasteiger partial charge on any atom is 0.658 e. The zero-order valence-electron chi connectivity index (χ0n) is 13.7. The molecule has 0 aliphatic heterocycles. The highest BCUT2D eigenvalue weighted by Gasteiger charge is 2.09. The third kappa shape index (κ3) is 5.81. The van der Waals surface area contributed by atoms with Crippen molar-refractivity contribution in [2.75, 3.05) is 27.8 Å². The van der Waals surface area contributed by atoms with E-state index in [9.17, 15) is 8.78 Å². The van der Waals surface area contributed by atoms with E-state index in [1.165, 1.54) is 38.5 Å². The van der Waals surface area contributed by atoms with Crippen LogP contribution in [0.4, 0.5) is 8.78 Å². The lowest BCUT2D eigenvalue weighted by Crippen LogP contribution is -2.11. The van der Waals surface area contributed by atoms with E-state index < -0.39 is 11.6 Å². The molecule has 25 heavy (non-hydrogen) atoms. The first-order valence-corrected chi connectivity index (χ1v) is 7.11. The summed E-state index contributed by atoms with van der Waals surface area (Å²) in [4.78, 5) is 0. The molecule has 0 N–H and O–H groups in total. The Labute approximate surface area is 144 Å². The Morgan fingerprint density at radius 3 is 1.56 bits per heavy atom. The molecule has 0 bridgehead atoms. The van der Waals surface area contributed by atoms with Gasteiger partial charge in [-0.05, 0) is 24.3 Å². The van der Waals surface area contributed by atoms with Gasteiger partial charge in [0.25, 0.3) is 0 Å². The molecule has 1 radical (unpaired) electrons. The van der Waals surface area contributed by atoms with Crippen LogP contribution in [-0.2, 0) is 9.47 Å². The van der Waals surface area contributed by atoms with E-state index in [0.717, 1.165) is 19.8 Å². The first kappa shape index (κ1) is 18.8. The lowest BCUT2D eigenvalue weighted by Gasteiger charge is -2.10. The van der Waals surface area contributed by atoms with E-state index in [1.54, 1.807) is 0 Å². The maximum absolute atomic E-state index is 13.7. The van der Waals surface area contributed by atoms with Gasteiger partial charge in [-0.25, -0.2) is 8.78 Å². The summed E-state index contributed by atoms with van der Waals surface area (Å²) in [5, 5.41) is 0. The van der Waals surface area contributed by atoms with Crippen molar-refractivity contribution < 1.29 is 37.0 Å². The van der Waals surface area contributed by atoms with Crippen LogP contribution < -0.4 is 18.8 Å². The second-order valence-corrected chi connectivity index (χ2v) is 4.62. The van der Waals surface area contributed by atoms with Gasteiger partial charge in [-0.1, -0.05) is 0 Å². The Morgan fingerprint density at radius 1 is 0.760 bits per heavy atom. The monoisotopic (exact) mass is 353 g/mol. The molecule has 0 aromatic heterocycles. The predicted octanol–water partition coefficient (Wildman–Crippen LogP) is 2.92. The van der Waals surface area contributed by atoms with Crippen molar-refractivity contribution in [2.24, 2.45) is 0 Å². The van der Waals surface area contributed by atoms with Gasteiger partial charge in [0.2, 0.25) is 0 Å². The smallest absolute Gasteiger partial charge is 0.526 e. The molecule has 6 nitrogen and oxygen atoms in total. The lowest BCUT2D eigenvalue weighted by molar-refractivity contribution is 0.0481. The Bertz CT molecular complexity index is 628. The summed E-state index contributed by atoms with van der Waals surface area (Å²) in [6, 6.07) is 7.98. The van der Waals surface area contributed by atoms with E-state index in [0.29, 0.717) is 0 Å². The minimum atomic E-state index is -0.617. The van der Waals surface area contributed by atoms with Crippen LogP contribution in [0.3, 0.4) is 0 Å². The van der Waals surface area contributed by atoms with Gasteiger partial charge in [0.05, 0.1) is 0 Å². The largest absolute Gasteiger partial charge is 0.658 e. The summed E-state index contributed by atoms with van der Waals surface area (Å²) < 4.78 is 57.1. The molecule has 133 valence electrons. The highest BCUT2D eigenvalue weighted by atomic mass is 19.1. The molecular formula is C16H16BF2O6. The van der Waals surface area contributed by atoms with Crippen molar-refractivity contribution in [3.8, 4) is 23.0 Å². The fraction of sp³-hybridized carbons (Fsp3) is 0.250. The van der Waals surface area contributed by atoms with Crippen molar-refractivity contribution in [3.63, 3.8) is 0 Å². The van der Waals surface area contributed by atoms with Crippen LogP contribution in [-0.4, -0.2) is 35.5 Å². The van der Waals surface area contributed by atoms with Crippen LogP contribution in [0.1, 0.15) is 0 Å². The average Bonchev–Trinajstić information content (AvgIpc) is 2.60. The molecule has 0 saturated carbocycles. The zero-order chi connectivity index (χ0) is 18.1. The summed E-state index contributed by atoms with van der Waals surface area (Å²) in [6.45, 7) is -0.135. The minimum Gasteiger partial charge on any atom is -0.526 e. The topological polar surface area (TPSA) is 55.4 Å². The Kier molecular flexibility index (Phi) is 7.30. The van der Waals surface area contributed by atoms with Gasteiger partial charge in [-0.3, -0.25) is 0 Å². The fourth-order valence-corrected chi connectivity index (χ4v) is 1.72. The molecule has 2 rings (SSSR count). The van der Waals surface area contributed by atoms with Crippen LogP contribution in [0.15, 0.2) is 36.4 Å². The third-order valence-electron chi connectivity index (χ3n) is 2.84. The average molecular weight is 353 g/mol. The molecule has 0 unspecified atom stereocenters. The zero-order valence-corrected chi connectivity index (χ0v) is 13.7. The SMILES string of the molecule is COCOc1ccc(O[B]Oc2ccc(OCOC)c(F)c2)cc1F. The van der Waals surface area contributed by atoms with Gasteiger partial charge in [-0.15, -0.1) is 0 Å². The summed E-state index contributed by atoms with van der Waals surface area (Å²) in [5.41, 5.74) is 0. The second kappa shape index (κ2) is 9.70. The molecule has 2 aromatic rings. The maximum atomic E-state index is 13.7. The normalized spacial score (nSPS) is 10.2. The van der Waals surface area contributed by atoms with Gasteiger partial charge in [-0.2, -0.15) is 0 Å². The van der Waals surface area contributed by atoms with Gasteiger partial charge in [0.15, 0.2) is 36.7 Å². The molecule has 9 heteroatoms. The van der Waals surface area contributed by atoms with Crippen LogP contribution in [0.2, 0.25) is 0 Å². The highest BCUT2D eigenvalue weighted by molar-refractivity contribution is 6.20. The molecule has 0 amide bonds. The van der Waals surface area contributed by atoms with E-state index in [4.69, 9.17) is 28.3 Å².